The first-order valence-electron chi connectivity index (χ1n) is 5.38. The number of aryl methyl sites for hydroxylation is 1. The van der Waals surface area contributed by atoms with Gasteiger partial charge in [0.25, 0.3) is 0 Å². The Morgan fingerprint density at radius 3 is 2.62 bits per heavy atom. The lowest BCUT2D eigenvalue weighted by Gasteiger charge is -2.24. The first-order chi connectivity index (χ1) is 7.75. The van der Waals surface area contributed by atoms with Crippen LogP contribution >= 0.6 is 23.5 Å². The van der Waals surface area contributed by atoms with E-state index in [4.69, 9.17) is 0 Å². The van der Waals surface area contributed by atoms with Crippen LogP contribution in [0.15, 0.2) is 29.9 Å². The number of hydrogen-bond donors (Lipinski definition) is 2. The molecule has 0 spiro atoms. The number of rotatable bonds is 1. The highest BCUT2D eigenvalue weighted by Crippen LogP contribution is 2.35. The lowest BCUT2D eigenvalue weighted by atomic mass is 9.89. The first kappa shape index (κ1) is 10.6. The molecule has 2 aliphatic rings. The summed E-state index contributed by atoms with van der Waals surface area (Å²) in [4.78, 5) is 2.75. The standard InChI is InChI=1S/C12H14N2S2/c1-7-3-5-9(10-6-4-8(2)15-10)12-11(7)13-16-14-12/h3-6,11-14H,1-2H3. The number of fused-ring (bicyclic) bond motifs is 1. The highest BCUT2D eigenvalue weighted by atomic mass is 32.2. The maximum absolute atomic E-state index is 3.45. The average Bonchev–Trinajstić information content (AvgIpc) is 2.87. The van der Waals surface area contributed by atoms with E-state index in [-0.39, 0.29) is 0 Å². The van der Waals surface area contributed by atoms with Crippen molar-refractivity contribution >= 4 is 29.0 Å². The Bertz CT molecular complexity index is 473. The van der Waals surface area contributed by atoms with Crippen LogP contribution in [-0.2, 0) is 0 Å². The maximum atomic E-state index is 3.45. The van der Waals surface area contributed by atoms with E-state index >= 15 is 0 Å². The van der Waals surface area contributed by atoms with Crippen molar-refractivity contribution in [2.24, 2.45) is 0 Å². The van der Waals surface area contributed by atoms with Crippen LogP contribution in [0.3, 0.4) is 0 Å². The first-order valence-corrected chi connectivity index (χ1v) is 7.01. The number of thiophene rings is 1. The summed E-state index contributed by atoms with van der Waals surface area (Å²) in [6.07, 6.45) is 4.48. The fraction of sp³-hybridized carbons (Fsp3) is 0.333. The summed E-state index contributed by atoms with van der Waals surface area (Å²) in [6.45, 7) is 4.34. The fourth-order valence-electron chi connectivity index (χ4n) is 2.15. The van der Waals surface area contributed by atoms with Gasteiger partial charge in [0.15, 0.2) is 0 Å². The van der Waals surface area contributed by atoms with E-state index in [9.17, 15) is 0 Å². The Hall–Kier alpha value is -0.550. The van der Waals surface area contributed by atoms with Gasteiger partial charge in [-0.15, -0.1) is 11.3 Å². The molecular formula is C12H14N2S2. The number of nitrogens with one attached hydrogen (secondary N) is 2. The molecule has 2 atom stereocenters. The van der Waals surface area contributed by atoms with Gasteiger partial charge in [-0.1, -0.05) is 17.7 Å². The topological polar surface area (TPSA) is 24.1 Å². The van der Waals surface area contributed by atoms with Gasteiger partial charge in [-0.25, -0.2) is 9.44 Å². The van der Waals surface area contributed by atoms with Crippen molar-refractivity contribution in [3.63, 3.8) is 0 Å². The molecule has 16 heavy (non-hydrogen) atoms. The zero-order valence-corrected chi connectivity index (χ0v) is 10.9. The van der Waals surface area contributed by atoms with E-state index in [0.717, 1.165) is 0 Å². The summed E-state index contributed by atoms with van der Waals surface area (Å²) >= 11 is 3.48. The summed E-state index contributed by atoms with van der Waals surface area (Å²) in [5.41, 5.74) is 2.81. The second-order valence-corrected chi connectivity index (χ2v) is 6.20. The Balaban J connectivity index is 2.01. The molecule has 0 bridgehead atoms. The Labute approximate surface area is 104 Å². The molecule has 1 fully saturated rings. The van der Waals surface area contributed by atoms with Gasteiger partial charge in [0, 0.05) is 21.9 Å². The third-order valence-corrected chi connectivity index (χ3v) is 4.87. The molecule has 84 valence electrons. The van der Waals surface area contributed by atoms with Gasteiger partial charge in [-0.2, -0.15) is 0 Å². The van der Waals surface area contributed by atoms with Crippen molar-refractivity contribution in [2.75, 3.05) is 0 Å². The van der Waals surface area contributed by atoms with Crippen molar-refractivity contribution in [3.05, 3.63) is 39.6 Å². The predicted octanol–water partition coefficient (Wildman–Crippen LogP) is 2.89. The number of hydrogen-bond acceptors (Lipinski definition) is 4. The summed E-state index contributed by atoms with van der Waals surface area (Å²) in [5.74, 6) is 0. The third-order valence-electron chi connectivity index (χ3n) is 3.08. The van der Waals surface area contributed by atoms with Gasteiger partial charge in [-0.05, 0) is 31.6 Å². The zero-order chi connectivity index (χ0) is 11.1. The van der Waals surface area contributed by atoms with E-state index in [1.54, 1.807) is 12.1 Å². The lowest BCUT2D eigenvalue weighted by molar-refractivity contribution is 0.658. The lowest BCUT2D eigenvalue weighted by Crippen LogP contribution is -2.36. The van der Waals surface area contributed by atoms with Crippen LogP contribution in [0, 0.1) is 6.92 Å². The molecule has 1 aromatic rings. The Kier molecular flexibility index (Phi) is 2.67. The van der Waals surface area contributed by atoms with Gasteiger partial charge < -0.3 is 0 Å². The van der Waals surface area contributed by atoms with Crippen molar-refractivity contribution in [1.29, 1.82) is 0 Å². The van der Waals surface area contributed by atoms with Crippen molar-refractivity contribution in [2.45, 2.75) is 25.9 Å². The van der Waals surface area contributed by atoms with E-state index in [1.807, 2.05) is 11.3 Å². The van der Waals surface area contributed by atoms with Gasteiger partial charge in [0.2, 0.25) is 0 Å². The number of allylic oxidation sites excluding steroid dienone is 2. The normalized spacial score (nSPS) is 28.6. The third kappa shape index (κ3) is 1.66. The van der Waals surface area contributed by atoms with E-state index < -0.39 is 0 Å². The van der Waals surface area contributed by atoms with Crippen LogP contribution in [0.4, 0.5) is 0 Å². The van der Waals surface area contributed by atoms with Crippen LogP contribution in [0.25, 0.3) is 5.57 Å². The average molecular weight is 250 g/mol. The highest BCUT2D eigenvalue weighted by molar-refractivity contribution is 7.95. The molecule has 0 amide bonds. The second kappa shape index (κ2) is 4.04. The van der Waals surface area contributed by atoms with E-state index in [2.05, 4.69) is 47.6 Å². The molecule has 2 unspecified atom stereocenters. The molecule has 1 saturated heterocycles. The van der Waals surface area contributed by atoms with Crippen LogP contribution in [-0.4, -0.2) is 12.1 Å². The predicted molar refractivity (Wildman–Crippen MR) is 72.2 cm³/mol. The summed E-state index contributed by atoms with van der Waals surface area (Å²) in [5, 5.41) is 0. The van der Waals surface area contributed by atoms with Crippen LogP contribution in [0.2, 0.25) is 0 Å². The van der Waals surface area contributed by atoms with Crippen LogP contribution in [0.5, 0.6) is 0 Å². The van der Waals surface area contributed by atoms with Crippen molar-refractivity contribution in [3.8, 4) is 0 Å². The van der Waals surface area contributed by atoms with Gasteiger partial charge in [0.1, 0.15) is 0 Å². The molecule has 2 N–H and O–H groups in total. The molecule has 2 nitrogen and oxygen atoms in total. The Morgan fingerprint density at radius 2 is 1.88 bits per heavy atom. The summed E-state index contributed by atoms with van der Waals surface area (Å²) in [6, 6.07) is 5.26. The molecule has 2 heterocycles. The monoisotopic (exact) mass is 250 g/mol. The van der Waals surface area contributed by atoms with Gasteiger partial charge in [-0.3, -0.25) is 0 Å². The molecule has 3 rings (SSSR count). The van der Waals surface area contributed by atoms with Gasteiger partial charge in [0.05, 0.1) is 12.1 Å². The molecule has 1 aliphatic heterocycles. The minimum atomic E-state index is 0.410. The van der Waals surface area contributed by atoms with Crippen molar-refractivity contribution in [1.82, 2.24) is 9.44 Å². The van der Waals surface area contributed by atoms with Gasteiger partial charge >= 0.3 is 0 Å². The Morgan fingerprint density at radius 1 is 1.06 bits per heavy atom. The quantitative estimate of drug-likeness (QED) is 0.749. The molecule has 1 aliphatic carbocycles. The smallest absolute Gasteiger partial charge is 0.0647 e. The SMILES string of the molecule is CC1=CC=C(c2ccc(C)s2)C2NSNC12. The highest BCUT2D eigenvalue weighted by Gasteiger charge is 2.34. The molecule has 0 radical (unpaired) electrons. The van der Waals surface area contributed by atoms with Crippen LogP contribution < -0.4 is 9.44 Å². The minimum Gasteiger partial charge on any atom is -0.242 e. The largest absolute Gasteiger partial charge is 0.242 e. The summed E-state index contributed by atoms with van der Waals surface area (Å²) < 4.78 is 6.87. The zero-order valence-electron chi connectivity index (χ0n) is 9.28. The van der Waals surface area contributed by atoms with E-state index in [1.165, 1.54) is 20.9 Å². The van der Waals surface area contributed by atoms with Crippen molar-refractivity contribution < 1.29 is 0 Å². The molecule has 0 saturated carbocycles. The maximum Gasteiger partial charge on any atom is 0.0647 e. The molecular weight excluding hydrogens is 236 g/mol. The van der Waals surface area contributed by atoms with Crippen LogP contribution in [0.1, 0.15) is 16.7 Å². The van der Waals surface area contributed by atoms with E-state index in [0.29, 0.717) is 12.1 Å². The second-order valence-electron chi connectivity index (χ2n) is 4.24. The molecule has 1 aromatic heterocycles. The molecule has 0 aromatic carbocycles. The molecule has 4 heteroatoms. The minimum absolute atomic E-state index is 0.410. The fourth-order valence-corrected chi connectivity index (χ4v) is 3.99. The summed E-state index contributed by atoms with van der Waals surface area (Å²) in [7, 11) is 0.